The van der Waals surface area contributed by atoms with Crippen LogP contribution in [-0.2, 0) is 18.2 Å². The van der Waals surface area contributed by atoms with Gasteiger partial charge in [0.05, 0.1) is 17.9 Å². The van der Waals surface area contributed by atoms with Crippen molar-refractivity contribution in [3.63, 3.8) is 0 Å². The molecule has 0 spiro atoms. The van der Waals surface area contributed by atoms with E-state index in [-0.39, 0.29) is 17.9 Å². The van der Waals surface area contributed by atoms with Crippen LogP contribution in [0.25, 0.3) is 0 Å². The lowest BCUT2D eigenvalue weighted by Gasteiger charge is -2.31. The highest BCUT2D eigenvalue weighted by Crippen LogP contribution is 2.33. The summed E-state index contributed by atoms with van der Waals surface area (Å²) in [6, 6.07) is 1.84. The average Bonchev–Trinajstić information content (AvgIpc) is 3.21. The number of aryl methyl sites for hydroxylation is 2. The molecule has 2 aromatic heterocycles. The summed E-state index contributed by atoms with van der Waals surface area (Å²) in [5.41, 5.74) is 2.80. The van der Waals surface area contributed by atoms with E-state index in [1.165, 1.54) is 0 Å². The Morgan fingerprint density at radius 2 is 2.43 bits per heavy atom. The molecule has 6 nitrogen and oxygen atoms in total. The number of rotatable bonds is 5. The lowest BCUT2D eigenvalue weighted by Crippen LogP contribution is -2.35. The van der Waals surface area contributed by atoms with E-state index in [0.29, 0.717) is 6.54 Å². The largest absolute Gasteiger partial charge is 0.373 e. The van der Waals surface area contributed by atoms with Crippen LogP contribution in [0.15, 0.2) is 24.7 Å². The zero-order chi connectivity index (χ0) is 16.2. The van der Waals surface area contributed by atoms with Gasteiger partial charge in [-0.15, -0.1) is 0 Å². The maximum Gasteiger partial charge on any atom is 0.253 e. The molecule has 0 aliphatic carbocycles. The van der Waals surface area contributed by atoms with Gasteiger partial charge in [0, 0.05) is 49.8 Å². The second-order valence-electron chi connectivity index (χ2n) is 6.07. The normalized spacial score (nSPS) is 21.3. The SMILES string of the molecule is CCc1[nH]ccc1C(=O)NC[C@@H]1CCCO[C@H]1c1cnn(C)c1. The fraction of sp³-hybridized carbons (Fsp3) is 0.529. The number of hydrogen-bond acceptors (Lipinski definition) is 3. The van der Waals surface area contributed by atoms with Gasteiger partial charge in [-0.3, -0.25) is 9.48 Å². The van der Waals surface area contributed by atoms with E-state index in [4.69, 9.17) is 4.74 Å². The molecule has 6 heteroatoms. The summed E-state index contributed by atoms with van der Waals surface area (Å²) in [4.78, 5) is 15.5. The summed E-state index contributed by atoms with van der Waals surface area (Å²) in [7, 11) is 1.90. The van der Waals surface area contributed by atoms with E-state index in [0.717, 1.165) is 42.7 Å². The molecule has 3 rings (SSSR count). The van der Waals surface area contributed by atoms with Gasteiger partial charge in [0.15, 0.2) is 0 Å². The van der Waals surface area contributed by atoms with E-state index >= 15 is 0 Å². The van der Waals surface area contributed by atoms with Gasteiger partial charge in [-0.25, -0.2) is 0 Å². The predicted molar refractivity (Wildman–Crippen MR) is 87.1 cm³/mol. The van der Waals surface area contributed by atoms with E-state index in [2.05, 4.69) is 15.4 Å². The quantitative estimate of drug-likeness (QED) is 0.888. The fourth-order valence-corrected chi connectivity index (χ4v) is 3.24. The van der Waals surface area contributed by atoms with Crippen LogP contribution >= 0.6 is 0 Å². The Balaban J connectivity index is 1.64. The van der Waals surface area contributed by atoms with E-state index in [1.54, 1.807) is 4.68 Å². The molecule has 0 radical (unpaired) electrons. The summed E-state index contributed by atoms with van der Waals surface area (Å²) >= 11 is 0. The van der Waals surface area contributed by atoms with Gasteiger partial charge in [0.1, 0.15) is 0 Å². The van der Waals surface area contributed by atoms with Crippen molar-refractivity contribution in [2.24, 2.45) is 13.0 Å². The van der Waals surface area contributed by atoms with Gasteiger partial charge in [-0.05, 0) is 25.3 Å². The van der Waals surface area contributed by atoms with Crippen LogP contribution in [0.2, 0.25) is 0 Å². The zero-order valence-electron chi connectivity index (χ0n) is 13.7. The number of ether oxygens (including phenoxy) is 1. The van der Waals surface area contributed by atoms with Crippen LogP contribution in [0.1, 0.15) is 47.5 Å². The Hall–Kier alpha value is -2.08. The number of aromatic amines is 1. The molecule has 23 heavy (non-hydrogen) atoms. The molecular formula is C17H24N4O2. The standard InChI is InChI=1S/C17H24N4O2/c1-3-15-14(6-7-18-15)17(22)19-9-12-5-4-8-23-16(12)13-10-20-21(2)11-13/h6-7,10-12,16,18H,3-5,8-9H2,1-2H3,(H,19,22)/t12-,16+/m0/s1. The number of amides is 1. The van der Waals surface area contributed by atoms with Crippen molar-refractivity contribution < 1.29 is 9.53 Å². The lowest BCUT2D eigenvalue weighted by molar-refractivity contribution is -0.0273. The van der Waals surface area contributed by atoms with Crippen molar-refractivity contribution in [2.75, 3.05) is 13.2 Å². The summed E-state index contributed by atoms with van der Waals surface area (Å²) in [5.74, 6) is 0.263. The smallest absolute Gasteiger partial charge is 0.253 e. The van der Waals surface area contributed by atoms with Gasteiger partial charge in [-0.2, -0.15) is 5.10 Å². The molecule has 0 bridgehead atoms. The van der Waals surface area contributed by atoms with Crippen LogP contribution < -0.4 is 5.32 Å². The number of carbonyl (C=O) groups excluding carboxylic acids is 1. The Bertz CT molecular complexity index is 661. The van der Waals surface area contributed by atoms with Gasteiger partial charge in [-0.1, -0.05) is 6.92 Å². The molecule has 1 fully saturated rings. The monoisotopic (exact) mass is 316 g/mol. The number of H-pyrrole nitrogens is 1. The molecule has 2 aromatic rings. The third-order valence-corrected chi connectivity index (χ3v) is 4.45. The molecule has 0 saturated carbocycles. The number of hydrogen-bond donors (Lipinski definition) is 2. The second-order valence-corrected chi connectivity index (χ2v) is 6.07. The van der Waals surface area contributed by atoms with Gasteiger partial charge in [0.2, 0.25) is 0 Å². The maximum absolute atomic E-state index is 12.4. The highest BCUT2D eigenvalue weighted by Gasteiger charge is 2.29. The molecule has 1 aliphatic heterocycles. The molecular weight excluding hydrogens is 292 g/mol. The first-order valence-corrected chi connectivity index (χ1v) is 8.23. The van der Waals surface area contributed by atoms with Crippen LogP contribution in [-0.4, -0.2) is 33.8 Å². The van der Waals surface area contributed by atoms with Crippen molar-refractivity contribution >= 4 is 5.91 Å². The molecule has 2 N–H and O–H groups in total. The first-order valence-electron chi connectivity index (χ1n) is 8.23. The molecule has 2 atom stereocenters. The summed E-state index contributed by atoms with van der Waals surface area (Å²) in [5, 5.41) is 7.30. The molecule has 0 aromatic carbocycles. The Labute approximate surface area is 136 Å². The highest BCUT2D eigenvalue weighted by atomic mass is 16.5. The maximum atomic E-state index is 12.4. The van der Waals surface area contributed by atoms with Gasteiger partial charge >= 0.3 is 0 Å². The summed E-state index contributed by atoms with van der Waals surface area (Å²) < 4.78 is 7.74. The third kappa shape index (κ3) is 3.47. The third-order valence-electron chi connectivity index (χ3n) is 4.45. The zero-order valence-corrected chi connectivity index (χ0v) is 13.7. The van der Waals surface area contributed by atoms with Crippen molar-refractivity contribution in [2.45, 2.75) is 32.3 Å². The van der Waals surface area contributed by atoms with Crippen LogP contribution in [0, 0.1) is 5.92 Å². The molecule has 1 amide bonds. The predicted octanol–water partition coefficient (Wildman–Crippen LogP) is 2.21. The number of nitrogens with zero attached hydrogens (tertiary/aromatic N) is 2. The topological polar surface area (TPSA) is 71.9 Å². The Kier molecular flexibility index (Phi) is 4.81. The molecule has 1 aliphatic rings. The number of aromatic nitrogens is 3. The van der Waals surface area contributed by atoms with Gasteiger partial charge < -0.3 is 15.0 Å². The molecule has 124 valence electrons. The average molecular weight is 316 g/mol. The number of carbonyl (C=O) groups is 1. The Morgan fingerprint density at radius 1 is 1.57 bits per heavy atom. The Morgan fingerprint density at radius 3 is 3.17 bits per heavy atom. The number of nitrogens with one attached hydrogen (secondary N) is 2. The fourth-order valence-electron chi connectivity index (χ4n) is 3.24. The minimum absolute atomic E-state index is 0.00891. The minimum Gasteiger partial charge on any atom is -0.373 e. The first kappa shape index (κ1) is 15.8. The first-order chi connectivity index (χ1) is 11.2. The van der Waals surface area contributed by atoms with Crippen molar-refractivity contribution in [3.05, 3.63) is 41.5 Å². The van der Waals surface area contributed by atoms with Crippen LogP contribution in [0.5, 0.6) is 0 Å². The minimum atomic E-state index is -0.0152. The highest BCUT2D eigenvalue weighted by molar-refractivity contribution is 5.95. The molecule has 1 saturated heterocycles. The van der Waals surface area contributed by atoms with Crippen molar-refractivity contribution in [1.29, 1.82) is 0 Å². The van der Waals surface area contributed by atoms with E-state index in [1.807, 2.05) is 38.6 Å². The lowest BCUT2D eigenvalue weighted by atomic mass is 9.90. The molecule has 3 heterocycles. The van der Waals surface area contributed by atoms with Crippen molar-refractivity contribution in [3.8, 4) is 0 Å². The van der Waals surface area contributed by atoms with E-state index in [9.17, 15) is 4.79 Å². The van der Waals surface area contributed by atoms with E-state index < -0.39 is 0 Å². The van der Waals surface area contributed by atoms with Gasteiger partial charge in [0.25, 0.3) is 5.91 Å². The summed E-state index contributed by atoms with van der Waals surface area (Å²) in [6.07, 6.45) is 8.57. The van der Waals surface area contributed by atoms with Crippen LogP contribution in [0.4, 0.5) is 0 Å². The summed E-state index contributed by atoms with van der Waals surface area (Å²) in [6.45, 7) is 3.42. The van der Waals surface area contributed by atoms with Crippen LogP contribution in [0.3, 0.4) is 0 Å². The second kappa shape index (κ2) is 7.00. The van der Waals surface area contributed by atoms with Crippen molar-refractivity contribution in [1.82, 2.24) is 20.1 Å². The molecule has 0 unspecified atom stereocenters.